The number of ketones is 2. The molecule has 1 heterocycles. The van der Waals surface area contributed by atoms with Crippen molar-refractivity contribution in [1.82, 2.24) is 0 Å². The predicted molar refractivity (Wildman–Crippen MR) is 117 cm³/mol. The van der Waals surface area contributed by atoms with Gasteiger partial charge in [0.1, 0.15) is 23.4 Å². The number of carbonyl (C=O) groups excluding carboxylic acids is 2. The fourth-order valence-corrected chi connectivity index (χ4v) is 3.47. The van der Waals surface area contributed by atoms with E-state index in [9.17, 15) is 24.9 Å². The van der Waals surface area contributed by atoms with Crippen LogP contribution in [0.15, 0.2) is 42.0 Å². The van der Waals surface area contributed by atoms with Crippen LogP contribution in [-0.2, 0) is 12.8 Å². The van der Waals surface area contributed by atoms with Gasteiger partial charge < -0.3 is 20.1 Å². The predicted octanol–water partition coefficient (Wildman–Crippen LogP) is 4.14. The third-order valence-corrected chi connectivity index (χ3v) is 5.39. The first kappa shape index (κ1) is 22.6. The van der Waals surface area contributed by atoms with Gasteiger partial charge >= 0.3 is 0 Å². The summed E-state index contributed by atoms with van der Waals surface area (Å²) in [4.78, 5) is 25.5. The number of benzene rings is 2. The van der Waals surface area contributed by atoms with E-state index in [4.69, 9.17) is 4.74 Å². The van der Waals surface area contributed by atoms with Crippen molar-refractivity contribution >= 4 is 11.6 Å². The molecule has 1 aliphatic rings. The van der Waals surface area contributed by atoms with Crippen molar-refractivity contribution in [3.63, 3.8) is 0 Å². The number of carbonyl (C=O) groups is 2. The van der Waals surface area contributed by atoms with E-state index < -0.39 is 29.7 Å². The number of Topliss-reactive ketones (excluding diaryl/α,β-unsaturated/α-hetero) is 2. The van der Waals surface area contributed by atoms with Crippen LogP contribution in [0.25, 0.3) is 0 Å². The normalized spacial score (nSPS) is 15.2. The summed E-state index contributed by atoms with van der Waals surface area (Å²) < 4.78 is 5.68. The van der Waals surface area contributed by atoms with Crippen LogP contribution in [0.2, 0.25) is 0 Å². The van der Waals surface area contributed by atoms with Gasteiger partial charge in [0, 0.05) is 18.1 Å². The van der Waals surface area contributed by atoms with Crippen molar-refractivity contribution in [2.75, 3.05) is 0 Å². The molecule has 0 bridgehead atoms. The Morgan fingerprint density at radius 2 is 1.81 bits per heavy atom. The summed E-state index contributed by atoms with van der Waals surface area (Å²) in [5.74, 6) is -0.638. The van der Waals surface area contributed by atoms with E-state index in [2.05, 4.69) is 0 Å². The Bertz CT molecular complexity index is 1050. The minimum atomic E-state index is -1.07. The molecule has 31 heavy (non-hydrogen) atoms. The monoisotopic (exact) mass is 424 g/mol. The number of ether oxygens (including phenoxy) is 1. The molecule has 0 spiro atoms. The number of aromatic hydroxyl groups is 2. The Labute approximate surface area is 181 Å². The van der Waals surface area contributed by atoms with Gasteiger partial charge in [-0.2, -0.15) is 0 Å². The Kier molecular flexibility index (Phi) is 6.23. The molecule has 0 unspecified atom stereocenters. The molecule has 0 fully saturated rings. The maximum Gasteiger partial charge on any atom is 0.174 e. The fraction of sp³-hybridized carbons (Fsp3) is 0.360. The van der Waals surface area contributed by atoms with Crippen molar-refractivity contribution in [3.05, 3.63) is 64.2 Å². The molecular weight excluding hydrogens is 396 g/mol. The number of rotatable bonds is 7. The number of phenolic OH excluding ortho intramolecular Hbond substituents is 2. The van der Waals surface area contributed by atoms with E-state index in [-0.39, 0.29) is 17.1 Å². The number of aliphatic hydroxyl groups is 1. The Morgan fingerprint density at radius 1 is 1.10 bits per heavy atom. The lowest BCUT2D eigenvalue weighted by molar-refractivity contribution is -0.0230. The average molecular weight is 424 g/mol. The van der Waals surface area contributed by atoms with Crippen LogP contribution >= 0.6 is 0 Å². The maximum absolute atomic E-state index is 12.8. The molecule has 164 valence electrons. The number of allylic oxidation sites excluding steroid dienone is 2. The van der Waals surface area contributed by atoms with Gasteiger partial charge in [0.15, 0.2) is 11.6 Å². The molecule has 2 aromatic rings. The van der Waals surface area contributed by atoms with Crippen LogP contribution in [0.1, 0.15) is 66.0 Å². The summed E-state index contributed by atoms with van der Waals surface area (Å²) in [7, 11) is 0. The first-order chi connectivity index (χ1) is 14.5. The van der Waals surface area contributed by atoms with Crippen molar-refractivity contribution in [3.8, 4) is 17.2 Å². The highest BCUT2D eigenvalue weighted by Gasteiger charge is 2.35. The van der Waals surface area contributed by atoms with Crippen molar-refractivity contribution in [2.24, 2.45) is 0 Å². The highest BCUT2D eigenvalue weighted by Crippen LogP contribution is 2.38. The quantitative estimate of drug-likeness (QED) is 0.351. The van der Waals surface area contributed by atoms with Gasteiger partial charge in [0.25, 0.3) is 0 Å². The molecule has 0 amide bonds. The van der Waals surface area contributed by atoms with E-state index >= 15 is 0 Å². The van der Waals surface area contributed by atoms with Gasteiger partial charge in [-0.1, -0.05) is 11.6 Å². The van der Waals surface area contributed by atoms with Crippen LogP contribution in [0, 0.1) is 0 Å². The highest BCUT2D eigenvalue weighted by molar-refractivity contribution is 6.14. The molecule has 0 aromatic heterocycles. The molecule has 0 aliphatic carbocycles. The van der Waals surface area contributed by atoms with Gasteiger partial charge in [-0.25, -0.2) is 0 Å². The lowest BCUT2D eigenvalue weighted by atomic mass is 9.94. The Balaban J connectivity index is 1.78. The molecule has 6 heteroatoms. The minimum absolute atomic E-state index is 0.0515. The van der Waals surface area contributed by atoms with Crippen LogP contribution in [-0.4, -0.2) is 38.6 Å². The fourth-order valence-electron chi connectivity index (χ4n) is 3.47. The number of hydrogen-bond donors (Lipinski definition) is 3. The molecule has 1 atom stereocenters. The third kappa shape index (κ3) is 5.14. The van der Waals surface area contributed by atoms with Crippen LogP contribution < -0.4 is 4.74 Å². The van der Waals surface area contributed by atoms with E-state index in [1.54, 1.807) is 19.9 Å². The Hall–Kier alpha value is -3.12. The second kappa shape index (κ2) is 8.55. The molecule has 2 aromatic carbocycles. The van der Waals surface area contributed by atoms with E-state index in [0.717, 1.165) is 5.57 Å². The van der Waals surface area contributed by atoms with Gasteiger partial charge in [-0.05, 0) is 69.5 Å². The summed E-state index contributed by atoms with van der Waals surface area (Å²) in [6.45, 7) is 7.17. The lowest BCUT2D eigenvalue weighted by Gasteiger charge is -2.24. The maximum atomic E-state index is 12.8. The lowest BCUT2D eigenvalue weighted by Crippen LogP contribution is -2.39. The van der Waals surface area contributed by atoms with Gasteiger partial charge in [-0.3, -0.25) is 9.59 Å². The van der Waals surface area contributed by atoms with Gasteiger partial charge in [0.2, 0.25) is 0 Å². The molecular formula is C25H28O6. The summed E-state index contributed by atoms with van der Waals surface area (Å²) in [5, 5.41) is 30.5. The van der Waals surface area contributed by atoms with Crippen LogP contribution in [0.5, 0.6) is 17.2 Å². The van der Waals surface area contributed by atoms with E-state index in [0.29, 0.717) is 35.3 Å². The van der Waals surface area contributed by atoms with E-state index in [1.165, 1.54) is 24.3 Å². The number of phenols is 2. The molecule has 3 N–H and O–H groups in total. The highest BCUT2D eigenvalue weighted by atomic mass is 16.5. The van der Waals surface area contributed by atoms with Crippen molar-refractivity contribution < 1.29 is 29.6 Å². The summed E-state index contributed by atoms with van der Waals surface area (Å²) in [6.07, 6.45) is 1.94. The topological polar surface area (TPSA) is 104 Å². The van der Waals surface area contributed by atoms with Crippen LogP contribution in [0.3, 0.4) is 0 Å². The zero-order valence-corrected chi connectivity index (χ0v) is 18.2. The van der Waals surface area contributed by atoms with Crippen LogP contribution in [0.4, 0.5) is 0 Å². The third-order valence-electron chi connectivity index (χ3n) is 5.39. The minimum Gasteiger partial charge on any atom is -0.508 e. The standard InChI is InChI=1S/C25H28O6/c1-14(2)5-6-15-9-16(7-8-19(15)26)20(27)12-21(28)18-10-17-11-24(25(3,4)30)31-23(17)13-22(18)29/h5,7-10,13,24,26,29-30H,6,11-12H2,1-4H3/t24-/m1/s1. The first-order valence-electron chi connectivity index (χ1n) is 10.2. The summed E-state index contributed by atoms with van der Waals surface area (Å²) in [5.41, 5.74) is 1.71. The second-order valence-electron chi connectivity index (χ2n) is 8.79. The van der Waals surface area contributed by atoms with Gasteiger partial charge in [0.05, 0.1) is 17.6 Å². The molecule has 0 saturated heterocycles. The molecule has 0 radical (unpaired) electrons. The Morgan fingerprint density at radius 3 is 2.45 bits per heavy atom. The van der Waals surface area contributed by atoms with Crippen molar-refractivity contribution in [1.29, 1.82) is 0 Å². The van der Waals surface area contributed by atoms with E-state index in [1.807, 2.05) is 19.9 Å². The summed E-state index contributed by atoms with van der Waals surface area (Å²) in [6, 6.07) is 7.42. The second-order valence-corrected chi connectivity index (χ2v) is 8.79. The SMILES string of the molecule is CC(C)=CCc1cc(C(=O)CC(=O)c2cc3c(cc2O)O[C@@H](C(C)(C)O)C3)ccc1O. The zero-order chi connectivity index (χ0) is 22.9. The summed E-state index contributed by atoms with van der Waals surface area (Å²) >= 11 is 0. The smallest absolute Gasteiger partial charge is 0.174 e. The zero-order valence-electron chi connectivity index (χ0n) is 18.2. The van der Waals surface area contributed by atoms with Gasteiger partial charge in [-0.15, -0.1) is 0 Å². The first-order valence-corrected chi connectivity index (χ1v) is 10.2. The number of fused-ring (bicyclic) bond motifs is 1. The largest absolute Gasteiger partial charge is 0.508 e. The molecule has 0 saturated carbocycles. The molecule has 6 nitrogen and oxygen atoms in total. The number of hydrogen-bond acceptors (Lipinski definition) is 6. The molecule has 1 aliphatic heterocycles. The average Bonchev–Trinajstić information content (AvgIpc) is 3.09. The molecule has 3 rings (SSSR count). The van der Waals surface area contributed by atoms with Crippen molar-refractivity contribution in [2.45, 2.75) is 58.7 Å².